The fourth-order valence-electron chi connectivity index (χ4n) is 4.53. The van der Waals surface area contributed by atoms with Gasteiger partial charge in [0.25, 0.3) is 0 Å². The first kappa shape index (κ1) is 19.9. The van der Waals surface area contributed by atoms with Crippen LogP contribution in [-0.4, -0.2) is 56.5 Å². The molecule has 3 heterocycles. The van der Waals surface area contributed by atoms with Crippen LogP contribution in [0.15, 0.2) is 43.0 Å². The van der Waals surface area contributed by atoms with Crippen LogP contribution in [0.3, 0.4) is 0 Å². The molecule has 1 N–H and O–H groups in total. The molecule has 3 aromatic rings. The smallest absolute Gasteiger partial charge is 0.229 e. The molecule has 0 atom stereocenters. The number of hydrogen-bond acceptors (Lipinski definition) is 6. The predicted molar refractivity (Wildman–Crippen MR) is 116 cm³/mol. The van der Waals surface area contributed by atoms with Crippen LogP contribution < -0.4 is 5.32 Å². The molecule has 160 valence electrons. The van der Waals surface area contributed by atoms with Gasteiger partial charge in [0.05, 0.1) is 17.4 Å². The molecule has 0 spiro atoms. The highest BCUT2D eigenvalue weighted by Crippen LogP contribution is 2.31. The van der Waals surface area contributed by atoms with Crippen molar-refractivity contribution in [3.63, 3.8) is 0 Å². The molecule has 1 aromatic carbocycles. The Bertz CT molecular complexity index is 1060. The highest BCUT2D eigenvalue weighted by atomic mass is 19.1. The molecular formula is C23H25FN6O. The van der Waals surface area contributed by atoms with Crippen LogP contribution in [0.25, 0.3) is 22.2 Å². The summed E-state index contributed by atoms with van der Waals surface area (Å²) in [4.78, 5) is 32.2. The molecule has 31 heavy (non-hydrogen) atoms. The van der Waals surface area contributed by atoms with Crippen LogP contribution in [0, 0.1) is 11.8 Å². The van der Waals surface area contributed by atoms with E-state index in [4.69, 9.17) is 0 Å². The van der Waals surface area contributed by atoms with Crippen molar-refractivity contribution in [3.8, 4) is 11.3 Å². The van der Waals surface area contributed by atoms with Crippen LogP contribution in [0.1, 0.15) is 25.7 Å². The lowest BCUT2D eigenvalue weighted by Gasteiger charge is -2.38. The van der Waals surface area contributed by atoms with Gasteiger partial charge in [-0.05, 0) is 37.7 Å². The first-order valence-corrected chi connectivity index (χ1v) is 10.8. The molecule has 1 amide bonds. The number of anilines is 1. The summed E-state index contributed by atoms with van der Waals surface area (Å²) >= 11 is 0. The molecule has 2 fully saturated rings. The summed E-state index contributed by atoms with van der Waals surface area (Å²) in [5.74, 6) is 0.848. The zero-order chi connectivity index (χ0) is 21.2. The molecule has 1 saturated carbocycles. The summed E-state index contributed by atoms with van der Waals surface area (Å²) in [6.07, 6.45) is 9.79. The van der Waals surface area contributed by atoms with Crippen molar-refractivity contribution in [2.75, 3.05) is 25.0 Å². The summed E-state index contributed by atoms with van der Waals surface area (Å²) in [6.45, 7) is 2.09. The van der Waals surface area contributed by atoms with E-state index in [9.17, 15) is 9.18 Å². The highest BCUT2D eigenvalue weighted by molar-refractivity contribution is 5.92. The van der Waals surface area contributed by atoms with Gasteiger partial charge in [-0.25, -0.2) is 14.4 Å². The van der Waals surface area contributed by atoms with E-state index in [1.807, 2.05) is 18.2 Å². The summed E-state index contributed by atoms with van der Waals surface area (Å²) in [7, 11) is 0. The van der Waals surface area contributed by atoms with Crippen molar-refractivity contribution in [1.82, 2.24) is 24.8 Å². The number of hydrogen-bond donors (Lipinski definition) is 1. The monoisotopic (exact) mass is 420 g/mol. The molecule has 0 bridgehead atoms. The van der Waals surface area contributed by atoms with Gasteiger partial charge in [-0.3, -0.25) is 25.0 Å². The Kier molecular flexibility index (Phi) is 5.55. The van der Waals surface area contributed by atoms with Crippen molar-refractivity contribution in [3.05, 3.63) is 43.0 Å². The van der Waals surface area contributed by atoms with Crippen molar-refractivity contribution >= 4 is 22.8 Å². The normalized spacial score (nSPS) is 22.2. The Morgan fingerprint density at radius 3 is 2.68 bits per heavy atom. The Morgan fingerprint density at radius 1 is 1.10 bits per heavy atom. The summed E-state index contributed by atoms with van der Waals surface area (Å²) in [5.41, 5.74) is 2.43. The highest BCUT2D eigenvalue weighted by Gasteiger charge is 2.31. The lowest BCUT2D eigenvalue weighted by molar-refractivity contribution is -0.121. The van der Waals surface area contributed by atoms with E-state index in [0.29, 0.717) is 25.0 Å². The standard InChI is InChI=1S/C23H25FN6O/c24-19-13-30(14-19)12-15-1-3-16(4-2-15)22(31)29-23-27-10-18-6-5-17(9-20(18)28-23)21-11-25-7-8-26-21/h5-11,15-16,19H,1-4,12-14H2,(H,27,28,29,31)/t15-,16-. The minimum Gasteiger partial charge on any atom is -0.297 e. The van der Waals surface area contributed by atoms with Gasteiger partial charge in [0, 0.05) is 55.1 Å². The summed E-state index contributed by atoms with van der Waals surface area (Å²) < 4.78 is 13.0. The van der Waals surface area contributed by atoms with Crippen molar-refractivity contribution < 1.29 is 9.18 Å². The Labute approximate surface area is 180 Å². The third-order valence-electron chi connectivity index (χ3n) is 6.32. The van der Waals surface area contributed by atoms with E-state index in [1.54, 1.807) is 24.8 Å². The largest absolute Gasteiger partial charge is 0.297 e. The number of alkyl halides is 1. The number of rotatable bonds is 5. The van der Waals surface area contributed by atoms with E-state index in [0.717, 1.165) is 54.4 Å². The van der Waals surface area contributed by atoms with Crippen molar-refractivity contribution in [2.45, 2.75) is 31.9 Å². The third kappa shape index (κ3) is 4.54. The van der Waals surface area contributed by atoms with Gasteiger partial charge in [0.1, 0.15) is 6.17 Å². The van der Waals surface area contributed by atoms with E-state index < -0.39 is 6.17 Å². The van der Waals surface area contributed by atoms with Gasteiger partial charge in [0.15, 0.2) is 0 Å². The lowest BCUT2D eigenvalue weighted by Crippen LogP contribution is -2.50. The van der Waals surface area contributed by atoms with Crippen LogP contribution in [0.5, 0.6) is 0 Å². The predicted octanol–water partition coefficient (Wildman–Crippen LogP) is 3.49. The van der Waals surface area contributed by atoms with Crippen LogP contribution in [-0.2, 0) is 4.79 Å². The SMILES string of the molecule is O=C(Nc1ncc2ccc(-c3cnccn3)cc2n1)[C@H]1CC[C@H](CN2CC(F)C2)CC1. The second-order valence-electron chi connectivity index (χ2n) is 8.58. The molecule has 2 aliphatic rings. The van der Waals surface area contributed by atoms with E-state index in [-0.39, 0.29) is 11.8 Å². The summed E-state index contributed by atoms with van der Waals surface area (Å²) in [6, 6.07) is 5.83. The van der Waals surface area contributed by atoms with Gasteiger partial charge in [-0.1, -0.05) is 12.1 Å². The zero-order valence-electron chi connectivity index (χ0n) is 17.2. The van der Waals surface area contributed by atoms with Gasteiger partial charge in [0.2, 0.25) is 11.9 Å². The minimum atomic E-state index is -0.652. The van der Waals surface area contributed by atoms with Crippen molar-refractivity contribution in [1.29, 1.82) is 0 Å². The van der Waals surface area contributed by atoms with Gasteiger partial charge in [-0.15, -0.1) is 0 Å². The molecule has 0 radical (unpaired) electrons. The maximum absolute atomic E-state index is 13.0. The quantitative estimate of drug-likeness (QED) is 0.680. The number of likely N-dealkylation sites (tertiary alicyclic amines) is 1. The van der Waals surface area contributed by atoms with Crippen LogP contribution in [0.2, 0.25) is 0 Å². The number of amides is 1. The molecule has 5 rings (SSSR count). The Hall–Kier alpha value is -3.00. The number of nitrogens with zero attached hydrogens (tertiary/aromatic N) is 5. The maximum atomic E-state index is 13.0. The average Bonchev–Trinajstić information content (AvgIpc) is 2.78. The fourth-order valence-corrected chi connectivity index (χ4v) is 4.53. The number of fused-ring (bicyclic) bond motifs is 1. The van der Waals surface area contributed by atoms with Crippen molar-refractivity contribution in [2.24, 2.45) is 11.8 Å². The molecule has 2 aromatic heterocycles. The number of carbonyl (C=O) groups excluding carboxylic acids is 1. The van der Waals surface area contributed by atoms with E-state index in [1.165, 1.54) is 0 Å². The maximum Gasteiger partial charge on any atom is 0.229 e. The second-order valence-corrected chi connectivity index (χ2v) is 8.58. The number of nitrogens with one attached hydrogen (secondary N) is 1. The zero-order valence-corrected chi connectivity index (χ0v) is 17.2. The van der Waals surface area contributed by atoms with E-state index >= 15 is 0 Å². The fraction of sp³-hybridized carbons (Fsp3) is 0.435. The molecule has 7 nitrogen and oxygen atoms in total. The molecule has 8 heteroatoms. The third-order valence-corrected chi connectivity index (χ3v) is 6.32. The van der Waals surface area contributed by atoms with Gasteiger partial charge < -0.3 is 0 Å². The molecular weight excluding hydrogens is 395 g/mol. The second kappa shape index (κ2) is 8.63. The summed E-state index contributed by atoms with van der Waals surface area (Å²) in [5, 5.41) is 3.79. The first-order chi connectivity index (χ1) is 15.1. The lowest BCUT2D eigenvalue weighted by atomic mass is 9.81. The topological polar surface area (TPSA) is 83.9 Å². The number of aromatic nitrogens is 4. The Balaban J connectivity index is 1.21. The first-order valence-electron chi connectivity index (χ1n) is 10.8. The number of benzene rings is 1. The van der Waals surface area contributed by atoms with Crippen LogP contribution in [0.4, 0.5) is 10.3 Å². The minimum absolute atomic E-state index is 0.0179. The number of halogens is 1. The van der Waals surface area contributed by atoms with Gasteiger partial charge >= 0.3 is 0 Å². The molecule has 0 unspecified atom stereocenters. The molecule has 1 saturated heterocycles. The van der Waals surface area contributed by atoms with Crippen LogP contribution >= 0.6 is 0 Å². The Morgan fingerprint density at radius 2 is 1.94 bits per heavy atom. The van der Waals surface area contributed by atoms with E-state index in [2.05, 4.69) is 30.2 Å². The number of carbonyl (C=O) groups is 1. The molecule has 1 aliphatic heterocycles. The van der Waals surface area contributed by atoms with Gasteiger partial charge in [-0.2, -0.15) is 0 Å². The molecule has 1 aliphatic carbocycles. The average molecular weight is 420 g/mol.